The van der Waals surface area contributed by atoms with Gasteiger partial charge in [0.2, 0.25) is 0 Å². The molecule has 1 aliphatic rings. The fourth-order valence-corrected chi connectivity index (χ4v) is 3.73. The van der Waals surface area contributed by atoms with E-state index in [4.69, 9.17) is 9.47 Å². The minimum atomic E-state index is -0.542. The van der Waals surface area contributed by atoms with Gasteiger partial charge in [0.25, 0.3) is 0 Å². The molecule has 0 radical (unpaired) electrons. The average Bonchev–Trinajstić information content (AvgIpc) is 2.71. The lowest BCUT2D eigenvalue weighted by molar-refractivity contribution is 0.241. The summed E-state index contributed by atoms with van der Waals surface area (Å²) in [5, 5.41) is 0. The van der Waals surface area contributed by atoms with Gasteiger partial charge in [0.15, 0.2) is 11.5 Å². The standard InChI is InChI=1S/C24H23F2NO2/c1-28-23-12-20-15-27(14-18-9-21(25)13-22(26)10-18)8-7-19(20)11-24(23)29-16-17-5-3-2-4-6-17/h2-6,9-13H,7-8,14-16H2,1H3. The lowest BCUT2D eigenvalue weighted by Crippen LogP contribution is -2.30. The molecule has 5 heteroatoms. The molecule has 0 saturated heterocycles. The van der Waals surface area contributed by atoms with Gasteiger partial charge < -0.3 is 9.47 Å². The fraction of sp³-hybridized carbons (Fsp3) is 0.250. The molecular weight excluding hydrogens is 372 g/mol. The van der Waals surface area contributed by atoms with Crippen molar-refractivity contribution < 1.29 is 18.3 Å². The summed E-state index contributed by atoms with van der Waals surface area (Å²) in [5.74, 6) is 0.340. The molecule has 0 N–H and O–H groups in total. The molecule has 3 aromatic carbocycles. The van der Waals surface area contributed by atoms with E-state index >= 15 is 0 Å². The van der Waals surface area contributed by atoms with Crippen LogP contribution in [0.25, 0.3) is 0 Å². The molecule has 0 aromatic heterocycles. The summed E-state index contributed by atoms with van der Waals surface area (Å²) < 4.78 is 38.5. The molecule has 0 spiro atoms. The van der Waals surface area contributed by atoms with Gasteiger partial charge >= 0.3 is 0 Å². The van der Waals surface area contributed by atoms with Crippen LogP contribution in [0.1, 0.15) is 22.3 Å². The number of halogens is 2. The van der Waals surface area contributed by atoms with Crippen molar-refractivity contribution in [3.05, 3.63) is 94.6 Å². The maximum atomic E-state index is 13.5. The third-order valence-electron chi connectivity index (χ3n) is 5.14. The minimum Gasteiger partial charge on any atom is -0.493 e. The number of methoxy groups -OCH3 is 1. The van der Waals surface area contributed by atoms with Crippen LogP contribution in [-0.2, 0) is 26.1 Å². The number of fused-ring (bicyclic) bond motifs is 1. The zero-order valence-corrected chi connectivity index (χ0v) is 16.3. The van der Waals surface area contributed by atoms with Crippen LogP contribution in [0, 0.1) is 11.6 Å². The summed E-state index contributed by atoms with van der Waals surface area (Å²) in [4.78, 5) is 2.18. The van der Waals surface area contributed by atoms with E-state index in [0.29, 0.717) is 31.0 Å². The molecule has 1 heterocycles. The number of rotatable bonds is 6. The van der Waals surface area contributed by atoms with Gasteiger partial charge in [-0.05, 0) is 52.9 Å². The lowest BCUT2D eigenvalue weighted by Gasteiger charge is -2.29. The highest BCUT2D eigenvalue weighted by atomic mass is 19.1. The second-order valence-corrected chi connectivity index (χ2v) is 7.28. The highest BCUT2D eigenvalue weighted by molar-refractivity contribution is 5.48. The summed E-state index contributed by atoms with van der Waals surface area (Å²) in [7, 11) is 1.63. The first kappa shape index (κ1) is 19.4. The lowest BCUT2D eigenvalue weighted by atomic mass is 9.98. The van der Waals surface area contributed by atoms with E-state index in [1.165, 1.54) is 17.7 Å². The van der Waals surface area contributed by atoms with E-state index in [1.807, 2.05) is 36.4 Å². The normalized spacial score (nSPS) is 13.8. The van der Waals surface area contributed by atoms with Gasteiger partial charge in [-0.1, -0.05) is 30.3 Å². The Bertz CT molecular complexity index is 971. The Morgan fingerprint density at radius 1 is 0.862 bits per heavy atom. The van der Waals surface area contributed by atoms with Crippen molar-refractivity contribution in [2.24, 2.45) is 0 Å². The molecular formula is C24H23F2NO2. The third kappa shape index (κ3) is 4.74. The molecule has 0 amide bonds. The van der Waals surface area contributed by atoms with Crippen LogP contribution >= 0.6 is 0 Å². The van der Waals surface area contributed by atoms with E-state index in [9.17, 15) is 8.78 Å². The van der Waals surface area contributed by atoms with E-state index < -0.39 is 11.6 Å². The molecule has 0 bridgehead atoms. The second-order valence-electron chi connectivity index (χ2n) is 7.28. The van der Waals surface area contributed by atoms with Crippen molar-refractivity contribution in [1.29, 1.82) is 0 Å². The first-order valence-corrected chi connectivity index (χ1v) is 9.64. The van der Waals surface area contributed by atoms with Crippen molar-refractivity contribution in [3.8, 4) is 11.5 Å². The van der Waals surface area contributed by atoms with Gasteiger partial charge in [-0.2, -0.15) is 0 Å². The summed E-state index contributed by atoms with van der Waals surface area (Å²) in [6.07, 6.45) is 0.846. The van der Waals surface area contributed by atoms with E-state index in [-0.39, 0.29) is 0 Å². The molecule has 0 fully saturated rings. The van der Waals surface area contributed by atoms with Crippen LogP contribution in [-0.4, -0.2) is 18.6 Å². The number of hydrogen-bond donors (Lipinski definition) is 0. The molecule has 0 atom stereocenters. The monoisotopic (exact) mass is 395 g/mol. The maximum Gasteiger partial charge on any atom is 0.161 e. The molecule has 150 valence electrons. The van der Waals surface area contributed by atoms with Crippen molar-refractivity contribution in [1.82, 2.24) is 4.90 Å². The van der Waals surface area contributed by atoms with Crippen molar-refractivity contribution in [2.75, 3.05) is 13.7 Å². The van der Waals surface area contributed by atoms with Gasteiger partial charge in [-0.25, -0.2) is 8.78 Å². The summed E-state index contributed by atoms with van der Waals surface area (Å²) >= 11 is 0. The molecule has 4 rings (SSSR count). The topological polar surface area (TPSA) is 21.7 Å². The number of hydrogen-bond acceptors (Lipinski definition) is 3. The van der Waals surface area contributed by atoms with Gasteiger partial charge in [0, 0.05) is 25.7 Å². The molecule has 3 aromatic rings. The maximum absolute atomic E-state index is 13.5. The fourth-order valence-electron chi connectivity index (χ4n) is 3.73. The predicted octanol–water partition coefficient (Wildman–Crippen LogP) is 5.11. The van der Waals surface area contributed by atoms with E-state index in [2.05, 4.69) is 11.0 Å². The van der Waals surface area contributed by atoms with E-state index in [1.54, 1.807) is 7.11 Å². The Morgan fingerprint density at radius 2 is 1.59 bits per heavy atom. The Morgan fingerprint density at radius 3 is 2.31 bits per heavy atom. The SMILES string of the molecule is COc1cc2c(cc1OCc1ccccc1)CCN(Cc1cc(F)cc(F)c1)C2. The molecule has 0 saturated carbocycles. The molecule has 3 nitrogen and oxygen atoms in total. The first-order chi connectivity index (χ1) is 14.1. The van der Waals surface area contributed by atoms with Gasteiger partial charge in [0.05, 0.1) is 7.11 Å². The molecule has 0 aliphatic carbocycles. The van der Waals surface area contributed by atoms with E-state index in [0.717, 1.165) is 35.9 Å². The highest BCUT2D eigenvalue weighted by Gasteiger charge is 2.20. The second kappa shape index (κ2) is 8.62. The number of nitrogens with zero attached hydrogens (tertiary/aromatic N) is 1. The Labute approximate surface area is 169 Å². The summed E-state index contributed by atoms with van der Waals surface area (Å²) in [6.45, 7) is 2.49. The Kier molecular flexibility index (Phi) is 5.76. The number of benzene rings is 3. The summed E-state index contributed by atoms with van der Waals surface area (Å²) in [5.41, 5.74) is 4.11. The van der Waals surface area contributed by atoms with Gasteiger partial charge in [-0.3, -0.25) is 4.90 Å². The number of ether oxygens (including phenoxy) is 2. The van der Waals surface area contributed by atoms with Crippen LogP contribution < -0.4 is 9.47 Å². The molecule has 1 aliphatic heterocycles. The van der Waals surface area contributed by atoms with Crippen LogP contribution in [0.4, 0.5) is 8.78 Å². The zero-order valence-electron chi connectivity index (χ0n) is 16.3. The Balaban J connectivity index is 1.48. The summed E-state index contributed by atoms with van der Waals surface area (Å²) in [6, 6.07) is 17.7. The van der Waals surface area contributed by atoms with Gasteiger partial charge in [-0.15, -0.1) is 0 Å². The largest absolute Gasteiger partial charge is 0.493 e. The Hall–Kier alpha value is -2.92. The quantitative estimate of drug-likeness (QED) is 0.579. The third-order valence-corrected chi connectivity index (χ3v) is 5.14. The van der Waals surface area contributed by atoms with Gasteiger partial charge in [0.1, 0.15) is 18.2 Å². The van der Waals surface area contributed by atoms with Crippen LogP contribution in [0.3, 0.4) is 0 Å². The molecule has 29 heavy (non-hydrogen) atoms. The minimum absolute atomic E-state index is 0.479. The smallest absolute Gasteiger partial charge is 0.161 e. The average molecular weight is 395 g/mol. The molecule has 0 unspecified atom stereocenters. The van der Waals surface area contributed by atoms with Crippen molar-refractivity contribution >= 4 is 0 Å². The zero-order chi connectivity index (χ0) is 20.2. The van der Waals surface area contributed by atoms with Crippen LogP contribution in [0.5, 0.6) is 11.5 Å². The van der Waals surface area contributed by atoms with Crippen molar-refractivity contribution in [3.63, 3.8) is 0 Å². The van der Waals surface area contributed by atoms with Crippen LogP contribution in [0.2, 0.25) is 0 Å². The predicted molar refractivity (Wildman–Crippen MR) is 108 cm³/mol. The van der Waals surface area contributed by atoms with Crippen molar-refractivity contribution in [2.45, 2.75) is 26.1 Å². The van der Waals surface area contributed by atoms with Crippen LogP contribution in [0.15, 0.2) is 60.7 Å². The first-order valence-electron chi connectivity index (χ1n) is 9.64. The highest BCUT2D eigenvalue weighted by Crippen LogP contribution is 2.34.